The SMILES string of the molecule is CCNC(=NCC1CCN(c2ccc(F)c(F)c2)C1)N1CCCC(C)C1. The highest BCUT2D eigenvalue weighted by Gasteiger charge is 2.24. The van der Waals surface area contributed by atoms with Gasteiger partial charge in [0.05, 0.1) is 0 Å². The molecular weight excluding hydrogens is 334 g/mol. The van der Waals surface area contributed by atoms with E-state index in [1.54, 1.807) is 6.07 Å². The summed E-state index contributed by atoms with van der Waals surface area (Å²) in [5, 5.41) is 3.42. The minimum absolute atomic E-state index is 0.444. The van der Waals surface area contributed by atoms with Crippen LogP contribution >= 0.6 is 0 Å². The third-order valence-electron chi connectivity index (χ3n) is 5.34. The van der Waals surface area contributed by atoms with Crippen LogP contribution in [0.25, 0.3) is 0 Å². The molecule has 144 valence electrons. The Labute approximate surface area is 155 Å². The fraction of sp³-hybridized carbons (Fsp3) is 0.650. The van der Waals surface area contributed by atoms with E-state index in [-0.39, 0.29) is 0 Å². The number of nitrogens with zero attached hydrogens (tertiary/aromatic N) is 3. The van der Waals surface area contributed by atoms with Gasteiger partial charge in [-0.1, -0.05) is 6.92 Å². The molecule has 0 amide bonds. The van der Waals surface area contributed by atoms with Crippen LogP contribution in [0.2, 0.25) is 0 Å². The smallest absolute Gasteiger partial charge is 0.193 e. The van der Waals surface area contributed by atoms with Crippen molar-refractivity contribution >= 4 is 11.6 Å². The zero-order chi connectivity index (χ0) is 18.5. The van der Waals surface area contributed by atoms with Crippen LogP contribution in [0.15, 0.2) is 23.2 Å². The molecule has 2 heterocycles. The van der Waals surface area contributed by atoms with Gasteiger partial charge in [0.15, 0.2) is 17.6 Å². The lowest BCUT2D eigenvalue weighted by molar-refractivity contribution is 0.265. The van der Waals surface area contributed by atoms with Crippen molar-refractivity contribution < 1.29 is 8.78 Å². The van der Waals surface area contributed by atoms with Crippen LogP contribution in [0.4, 0.5) is 14.5 Å². The Morgan fingerprint density at radius 1 is 1.19 bits per heavy atom. The number of aliphatic imine (C=N–C) groups is 1. The summed E-state index contributed by atoms with van der Waals surface area (Å²) in [6.07, 6.45) is 3.54. The molecule has 4 nitrogen and oxygen atoms in total. The van der Waals surface area contributed by atoms with E-state index in [1.807, 2.05) is 0 Å². The van der Waals surface area contributed by atoms with Crippen molar-refractivity contribution in [2.45, 2.75) is 33.1 Å². The molecule has 0 saturated carbocycles. The molecule has 26 heavy (non-hydrogen) atoms. The molecule has 2 fully saturated rings. The van der Waals surface area contributed by atoms with Crippen molar-refractivity contribution in [2.75, 3.05) is 44.2 Å². The van der Waals surface area contributed by atoms with Crippen LogP contribution in [0, 0.1) is 23.5 Å². The summed E-state index contributed by atoms with van der Waals surface area (Å²) in [6, 6.07) is 4.15. The van der Waals surface area contributed by atoms with E-state index in [1.165, 1.54) is 25.0 Å². The highest BCUT2D eigenvalue weighted by atomic mass is 19.2. The van der Waals surface area contributed by atoms with Crippen molar-refractivity contribution in [2.24, 2.45) is 16.8 Å². The number of hydrogen-bond donors (Lipinski definition) is 1. The van der Waals surface area contributed by atoms with E-state index in [0.717, 1.165) is 57.3 Å². The van der Waals surface area contributed by atoms with Gasteiger partial charge in [0, 0.05) is 51.0 Å². The van der Waals surface area contributed by atoms with Crippen molar-refractivity contribution in [3.8, 4) is 0 Å². The Morgan fingerprint density at radius 2 is 2.04 bits per heavy atom. The molecule has 1 aromatic carbocycles. The Morgan fingerprint density at radius 3 is 2.77 bits per heavy atom. The van der Waals surface area contributed by atoms with Crippen LogP contribution in [-0.2, 0) is 0 Å². The first-order valence-corrected chi connectivity index (χ1v) is 9.80. The predicted molar refractivity (Wildman–Crippen MR) is 103 cm³/mol. The molecule has 2 unspecified atom stereocenters. The van der Waals surface area contributed by atoms with Crippen molar-refractivity contribution in [1.29, 1.82) is 0 Å². The number of likely N-dealkylation sites (tertiary alicyclic amines) is 1. The Balaban J connectivity index is 1.59. The number of hydrogen-bond acceptors (Lipinski definition) is 2. The van der Waals surface area contributed by atoms with Gasteiger partial charge in [-0.15, -0.1) is 0 Å². The molecule has 1 N–H and O–H groups in total. The average Bonchev–Trinajstić information content (AvgIpc) is 3.10. The van der Waals surface area contributed by atoms with Crippen LogP contribution in [0.1, 0.15) is 33.1 Å². The number of nitrogens with one attached hydrogen (secondary N) is 1. The molecule has 0 aromatic heterocycles. The van der Waals surface area contributed by atoms with Crippen molar-refractivity contribution in [1.82, 2.24) is 10.2 Å². The molecule has 0 radical (unpaired) electrons. The molecule has 2 saturated heterocycles. The highest BCUT2D eigenvalue weighted by Crippen LogP contribution is 2.25. The van der Waals surface area contributed by atoms with Gasteiger partial charge in [-0.25, -0.2) is 8.78 Å². The number of piperidine rings is 1. The molecule has 2 atom stereocenters. The van der Waals surface area contributed by atoms with Crippen molar-refractivity contribution in [3.63, 3.8) is 0 Å². The van der Waals surface area contributed by atoms with Gasteiger partial charge in [0.25, 0.3) is 0 Å². The third kappa shape index (κ3) is 4.65. The number of anilines is 1. The zero-order valence-electron chi connectivity index (χ0n) is 15.8. The monoisotopic (exact) mass is 364 g/mol. The van der Waals surface area contributed by atoms with Crippen LogP contribution in [0.3, 0.4) is 0 Å². The number of rotatable bonds is 4. The first kappa shape index (κ1) is 18.9. The molecule has 2 aliphatic rings. The fourth-order valence-electron chi connectivity index (χ4n) is 3.92. The zero-order valence-corrected chi connectivity index (χ0v) is 15.8. The lowest BCUT2D eigenvalue weighted by Crippen LogP contribution is -2.46. The second-order valence-corrected chi connectivity index (χ2v) is 7.59. The van der Waals surface area contributed by atoms with Gasteiger partial charge in [0.2, 0.25) is 0 Å². The van der Waals surface area contributed by atoms with Gasteiger partial charge >= 0.3 is 0 Å². The number of benzene rings is 1. The first-order valence-electron chi connectivity index (χ1n) is 9.80. The maximum absolute atomic E-state index is 13.5. The molecule has 0 spiro atoms. The predicted octanol–water partition coefficient (Wildman–Crippen LogP) is 3.49. The first-order chi connectivity index (χ1) is 12.6. The number of halogens is 2. The van der Waals surface area contributed by atoms with E-state index >= 15 is 0 Å². The van der Waals surface area contributed by atoms with E-state index in [4.69, 9.17) is 4.99 Å². The molecule has 1 aromatic rings. The summed E-state index contributed by atoms with van der Waals surface area (Å²) >= 11 is 0. The molecular formula is C20H30F2N4. The Hall–Kier alpha value is -1.85. The second kappa shape index (κ2) is 8.69. The summed E-state index contributed by atoms with van der Waals surface area (Å²) in [4.78, 5) is 9.38. The largest absolute Gasteiger partial charge is 0.371 e. The average molecular weight is 364 g/mol. The van der Waals surface area contributed by atoms with Crippen LogP contribution in [-0.4, -0.2) is 50.1 Å². The second-order valence-electron chi connectivity index (χ2n) is 7.59. The Kier molecular flexibility index (Phi) is 6.33. The van der Waals surface area contributed by atoms with Gasteiger partial charge in [-0.05, 0) is 50.2 Å². The van der Waals surface area contributed by atoms with E-state index in [2.05, 4.69) is 29.0 Å². The Bertz CT molecular complexity index is 634. The third-order valence-corrected chi connectivity index (χ3v) is 5.34. The summed E-state index contributed by atoms with van der Waals surface area (Å²) < 4.78 is 26.6. The van der Waals surface area contributed by atoms with E-state index < -0.39 is 11.6 Å². The maximum atomic E-state index is 13.5. The minimum atomic E-state index is -0.792. The topological polar surface area (TPSA) is 30.9 Å². The standard InChI is InChI=1S/C20H30F2N4/c1-3-23-20(26-9-4-5-15(2)13-26)24-12-16-8-10-25(14-16)17-6-7-18(21)19(22)11-17/h6-7,11,15-16H,3-5,8-10,12-14H2,1-2H3,(H,23,24). The fourth-order valence-corrected chi connectivity index (χ4v) is 3.92. The normalized spacial score (nSPS) is 24.2. The summed E-state index contributed by atoms with van der Waals surface area (Å²) in [5.41, 5.74) is 0.757. The molecule has 3 rings (SSSR count). The van der Waals surface area contributed by atoms with Gasteiger partial charge < -0.3 is 15.1 Å². The van der Waals surface area contributed by atoms with Gasteiger partial charge in [-0.2, -0.15) is 0 Å². The van der Waals surface area contributed by atoms with Gasteiger partial charge in [0.1, 0.15) is 0 Å². The quantitative estimate of drug-likeness (QED) is 0.655. The molecule has 6 heteroatoms. The molecule has 2 aliphatic heterocycles. The summed E-state index contributed by atoms with van der Waals surface area (Å²) in [5.74, 6) is 0.602. The molecule has 0 aliphatic carbocycles. The van der Waals surface area contributed by atoms with Gasteiger partial charge in [-0.3, -0.25) is 4.99 Å². The minimum Gasteiger partial charge on any atom is -0.371 e. The van der Waals surface area contributed by atoms with E-state index in [9.17, 15) is 8.78 Å². The van der Waals surface area contributed by atoms with Crippen LogP contribution in [0.5, 0.6) is 0 Å². The maximum Gasteiger partial charge on any atom is 0.193 e. The number of guanidine groups is 1. The summed E-state index contributed by atoms with van der Waals surface area (Å²) in [7, 11) is 0. The van der Waals surface area contributed by atoms with Crippen LogP contribution < -0.4 is 10.2 Å². The van der Waals surface area contributed by atoms with Crippen molar-refractivity contribution in [3.05, 3.63) is 29.8 Å². The lowest BCUT2D eigenvalue weighted by atomic mass is 10.0. The lowest BCUT2D eigenvalue weighted by Gasteiger charge is -2.33. The highest BCUT2D eigenvalue weighted by molar-refractivity contribution is 5.80. The van der Waals surface area contributed by atoms with E-state index in [0.29, 0.717) is 11.8 Å². The summed E-state index contributed by atoms with van der Waals surface area (Å²) in [6.45, 7) is 9.88. The molecule has 0 bridgehead atoms.